The van der Waals surface area contributed by atoms with Gasteiger partial charge in [-0.15, -0.1) is 0 Å². The van der Waals surface area contributed by atoms with E-state index >= 15 is 0 Å². The molecular formula is C16H15F3N2OS. The lowest BCUT2D eigenvalue weighted by molar-refractivity contribution is -0.137. The number of hydrogen-bond donors (Lipinski definition) is 0. The molecule has 23 heavy (non-hydrogen) atoms. The van der Waals surface area contributed by atoms with Crippen LogP contribution in [-0.2, 0) is 11.0 Å². The zero-order valence-electron chi connectivity index (χ0n) is 12.3. The fraction of sp³-hybridized carbons (Fsp3) is 0.375. The van der Waals surface area contributed by atoms with Crippen LogP contribution in [0.3, 0.4) is 0 Å². The van der Waals surface area contributed by atoms with E-state index in [4.69, 9.17) is 0 Å². The molecule has 1 amide bonds. The number of benzene rings is 1. The standard InChI is InChI=1S/C16H15F3N2OS/c17-16(18,19)12-6-4-5-11(9-12)10-13-14(22)20-15(23-13)21-7-2-1-3-8-21/h4-6,9-10H,1-3,7-8H2/b13-10-. The average Bonchev–Trinajstić information content (AvgIpc) is 2.89. The minimum Gasteiger partial charge on any atom is -0.351 e. The molecule has 0 spiro atoms. The zero-order chi connectivity index (χ0) is 16.4. The van der Waals surface area contributed by atoms with Crippen molar-refractivity contribution < 1.29 is 18.0 Å². The van der Waals surface area contributed by atoms with E-state index in [2.05, 4.69) is 9.89 Å². The van der Waals surface area contributed by atoms with Gasteiger partial charge in [0.05, 0.1) is 10.5 Å². The first-order chi connectivity index (χ1) is 10.9. The number of aliphatic imine (C=N–C) groups is 1. The highest BCUT2D eigenvalue weighted by Gasteiger charge is 2.31. The number of thioether (sulfide) groups is 1. The number of rotatable bonds is 1. The summed E-state index contributed by atoms with van der Waals surface area (Å²) >= 11 is 1.24. The van der Waals surface area contributed by atoms with E-state index in [0.717, 1.165) is 38.1 Å². The van der Waals surface area contributed by atoms with Crippen LogP contribution in [0.25, 0.3) is 6.08 Å². The summed E-state index contributed by atoms with van der Waals surface area (Å²) < 4.78 is 38.2. The lowest BCUT2D eigenvalue weighted by Gasteiger charge is -2.27. The quantitative estimate of drug-likeness (QED) is 0.720. The molecule has 0 N–H and O–H groups in total. The van der Waals surface area contributed by atoms with Crippen molar-refractivity contribution in [3.05, 3.63) is 40.3 Å². The molecule has 0 bridgehead atoms. The number of amidine groups is 1. The van der Waals surface area contributed by atoms with Crippen LogP contribution in [0.2, 0.25) is 0 Å². The largest absolute Gasteiger partial charge is 0.416 e. The number of amides is 1. The van der Waals surface area contributed by atoms with Crippen LogP contribution < -0.4 is 0 Å². The van der Waals surface area contributed by atoms with Crippen molar-refractivity contribution in [1.29, 1.82) is 0 Å². The van der Waals surface area contributed by atoms with E-state index < -0.39 is 11.7 Å². The maximum atomic E-state index is 12.7. The Morgan fingerprint density at radius 1 is 1.17 bits per heavy atom. The summed E-state index contributed by atoms with van der Waals surface area (Å²) in [6.45, 7) is 1.74. The summed E-state index contributed by atoms with van der Waals surface area (Å²) in [5.41, 5.74) is -0.370. The number of nitrogens with zero attached hydrogens (tertiary/aromatic N) is 2. The molecule has 2 aliphatic rings. The monoisotopic (exact) mass is 340 g/mol. The Balaban J connectivity index is 1.78. The van der Waals surface area contributed by atoms with E-state index in [1.807, 2.05) is 0 Å². The third kappa shape index (κ3) is 3.77. The Kier molecular flexibility index (Phi) is 4.48. The van der Waals surface area contributed by atoms with Gasteiger partial charge in [0.25, 0.3) is 5.91 Å². The highest BCUT2D eigenvalue weighted by atomic mass is 32.2. The molecule has 3 rings (SSSR count). The zero-order valence-corrected chi connectivity index (χ0v) is 13.1. The van der Waals surface area contributed by atoms with Crippen LogP contribution in [-0.4, -0.2) is 29.1 Å². The van der Waals surface area contributed by atoms with Crippen LogP contribution in [0, 0.1) is 0 Å². The molecule has 2 heterocycles. The number of halogens is 3. The van der Waals surface area contributed by atoms with Crippen molar-refractivity contribution in [3.8, 4) is 0 Å². The van der Waals surface area contributed by atoms with Gasteiger partial charge in [0.15, 0.2) is 5.17 Å². The number of hydrogen-bond acceptors (Lipinski definition) is 3. The summed E-state index contributed by atoms with van der Waals surface area (Å²) in [6.07, 6.45) is 0.399. The van der Waals surface area contributed by atoms with Gasteiger partial charge < -0.3 is 4.90 Å². The lowest BCUT2D eigenvalue weighted by atomic mass is 10.1. The van der Waals surface area contributed by atoms with Crippen LogP contribution >= 0.6 is 11.8 Å². The molecule has 1 saturated heterocycles. The number of carbonyl (C=O) groups excluding carboxylic acids is 1. The van der Waals surface area contributed by atoms with Gasteiger partial charge in [-0.25, -0.2) is 0 Å². The molecule has 7 heteroatoms. The molecule has 3 nitrogen and oxygen atoms in total. The molecule has 1 aromatic carbocycles. The highest BCUT2D eigenvalue weighted by molar-refractivity contribution is 8.18. The number of likely N-dealkylation sites (tertiary alicyclic amines) is 1. The predicted molar refractivity (Wildman–Crippen MR) is 84.9 cm³/mol. The van der Waals surface area contributed by atoms with E-state index in [9.17, 15) is 18.0 Å². The van der Waals surface area contributed by atoms with E-state index in [-0.39, 0.29) is 5.91 Å². The fourth-order valence-corrected chi connectivity index (χ4v) is 3.54. The summed E-state index contributed by atoms with van der Waals surface area (Å²) in [5, 5.41) is 0.660. The molecule has 0 aromatic heterocycles. The second kappa shape index (κ2) is 6.39. The van der Waals surface area contributed by atoms with Crippen molar-refractivity contribution in [2.45, 2.75) is 25.4 Å². The predicted octanol–water partition coefficient (Wildman–Crippen LogP) is 4.16. The molecule has 0 unspecified atom stereocenters. The summed E-state index contributed by atoms with van der Waals surface area (Å²) in [6, 6.07) is 4.95. The molecule has 0 aliphatic carbocycles. The molecule has 0 atom stereocenters. The Hall–Kier alpha value is -1.76. The van der Waals surface area contributed by atoms with Crippen molar-refractivity contribution in [2.24, 2.45) is 4.99 Å². The van der Waals surface area contributed by atoms with E-state index in [0.29, 0.717) is 15.6 Å². The Morgan fingerprint density at radius 3 is 2.61 bits per heavy atom. The molecular weight excluding hydrogens is 325 g/mol. The second-order valence-corrected chi connectivity index (χ2v) is 6.49. The van der Waals surface area contributed by atoms with Crippen LogP contribution in [0.1, 0.15) is 30.4 Å². The molecule has 1 fully saturated rings. The molecule has 0 radical (unpaired) electrons. The molecule has 122 valence electrons. The van der Waals surface area contributed by atoms with Gasteiger partial charge in [-0.3, -0.25) is 4.79 Å². The minimum absolute atomic E-state index is 0.353. The second-order valence-electron chi connectivity index (χ2n) is 5.48. The fourth-order valence-electron chi connectivity index (χ4n) is 2.57. The normalized spacial score (nSPS) is 21.0. The lowest BCUT2D eigenvalue weighted by Crippen LogP contribution is -2.33. The Labute approximate surface area is 136 Å². The van der Waals surface area contributed by atoms with Crippen molar-refractivity contribution in [1.82, 2.24) is 4.90 Å². The Bertz CT molecular complexity index is 676. The van der Waals surface area contributed by atoms with Crippen LogP contribution in [0.15, 0.2) is 34.2 Å². The SMILES string of the molecule is O=C1N=C(N2CCCCC2)S/C1=C\c1cccc(C(F)(F)F)c1. The third-order valence-corrected chi connectivity index (χ3v) is 4.79. The first kappa shape index (κ1) is 16.1. The maximum absolute atomic E-state index is 12.7. The first-order valence-electron chi connectivity index (χ1n) is 7.38. The van der Waals surface area contributed by atoms with Crippen LogP contribution in [0.5, 0.6) is 0 Å². The Morgan fingerprint density at radius 2 is 1.91 bits per heavy atom. The highest BCUT2D eigenvalue weighted by Crippen LogP contribution is 2.33. The minimum atomic E-state index is -4.39. The number of piperidine rings is 1. The van der Waals surface area contributed by atoms with Gasteiger partial charge in [-0.1, -0.05) is 12.1 Å². The average molecular weight is 340 g/mol. The van der Waals surface area contributed by atoms with Gasteiger partial charge in [0.2, 0.25) is 0 Å². The molecule has 0 saturated carbocycles. The summed E-state index contributed by atoms with van der Waals surface area (Å²) in [5.74, 6) is -0.381. The van der Waals surface area contributed by atoms with Gasteiger partial charge in [-0.2, -0.15) is 18.2 Å². The van der Waals surface area contributed by atoms with Gasteiger partial charge in [0.1, 0.15) is 0 Å². The van der Waals surface area contributed by atoms with Crippen LogP contribution in [0.4, 0.5) is 13.2 Å². The number of carbonyl (C=O) groups is 1. The van der Waals surface area contributed by atoms with Gasteiger partial charge in [-0.05, 0) is 54.8 Å². The summed E-state index contributed by atoms with van der Waals surface area (Å²) in [7, 11) is 0. The number of alkyl halides is 3. The van der Waals surface area contributed by atoms with Crippen molar-refractivity contribution >= 4 is 28.9 Å². The van der Waals surface area contributed by atoms with Crippen molar-refractivity contribution in [3.63, 3.8) is 0 Å². The first-order valence-corrected chi connectivity index (χ1v) is 8.20. The van der Waals surface area contributed by atoms with Gasteiger partial charge in [0, 0.05) is 13.1 Å². The molecule has 2 aliphatic heterocycles. The topological polar surface area (TPSA) is 32.7 Å². The maximum Gasteiger partial charge on any atom is 0.416 e. The molecule has 1 aromatic rings. The van der Waals surface area contributed by atoms with E-state index in [1.165, 1.54) is 30.3 Å². The third-order valence-electron chi connectivity index (χ3n) is 3.75. The summed E-state index contributed by atoms with van der Waals surface area (Å²) in [4.78, 5) is 18.5. The van der Waals surface area contributed by atoms with Gasteiger partial charge >= 0.3 is 6.18 Å². The smallest absolute Gasteiger partial charge is 0.351 e. The van der Waals surface area contributed by atoms with E-state index in [1.54, 1.807) is 6.07 Å². The van der Waals surface area contributed by atoms with Crippen molar-refractivity contribution in [2.75, 3.05) is 13.1 Å².